The molecule has 0 unspecified atom stereocenters. The first-order valence-electron chi connectivity index (χ1n) is 5.95. The molecular formula is C14H18FN3. The lowest BCUT2D eigenvalue weighted by Gasteiger charge is -2.17. The zero-order valence-electron chi connectivity index (χ0n) is 10.9. The Balaban J connectivity index is 2.47. The van der Waals surface area contributed by atoms with Crippen LogP contribution in [0.4, 0.5) is 10.2 Å². The number of hydrogen-bond acceptors (Lipinski definition) is 2. The Morgan fingerprint density at radius 1 is 1.33 bits per heavy atom. The van der Waals surface area contributed by atoms with Gasteiger partial charge in [0.25, 0.3) is 0 Å². The summed E-state index contributed by atoms with van der Waals surface area (Å²) in [5.74, 6) is 0.148. The fourth-order valence-corrected chi connectivity index (χ4v) is 2.02. The summed E-state index contributed by atoms with van der Waals surface area (Å²) < 4.78 is 13.3. The first kappa shape index (κ1) is 12.6. The van der Waals surface area contributed by atoms with Gasteiger partial charge in [-0.15, -0.1) is 0 Å². The Bertz CT molecular complexity index is 552. The van der Waals surface area contributed by atoms with E-state index >= 15 is 0 Å². The average Bonchev–Trinajstić information content (AvgIpc) is 2.57. The van der Waals surface area contributed by atoms with E-state index in [1.165, 1.54) is 12.1 Å². The van der Waals surface area contributed by atoms with Crippen LogP contribution in [-0.2, 0) is 6.42 Å². The predicted molar refractivity (Wildman–Crippen MR) is 71.6 cm³/mol. The zero-order valence-corrected chi connectivity index (χ0v) is 10.9. The number of nitrogens with two attached hydrogens (primary N) is 1. The van der Waals surface area contributed by atoms with Gasteiger partial charge in [-0.2, -0.15) is 5.10 Å². The SMILES string of the molecule is CC(C)(C)Cc1[nH]nc(N)c1-c1cccc(F)c1. The number of aromatic amines is 1. The van der Waals surface area contributed by atoms with Crippen molar-refractivity contribution in [1.82, 2.24) is 10.2 Å². The van der Waals surface area contributed by atoms with E-state index in [2.05, 4.69) is 31.0 Å². The van der Waals surface area contributed by atoms with E-state index < -0.39 is 0 Å². The molecule has 0 aliphatic heterocycles. The molecule has 2 rings (SSSR count). The van der Waals surface area contributed by atoms with E-state index in [9.17, 15) is 4.39 Å². The number of hydrogen-bond donors (Lipinski definition) is 2. The van der Waals surface area contributed by atoms with Crippen molar-refractivity contribution in [1.29, 1.82) is 0 Å². The molecule has 0 spiro atoms. The molecule has 0 fully saturated rings. The highest BCUT2D eigenvalue weighted by molar-refractivity contribution is 5.76. The van der Waals surface area contributed by atoms with Crippen molar-refractivity contribution in [3.05, 3.63) is 35.8 Å². The van der Waals surface area contributed by atoms with Crippen LogP contribution in [0.5, 0.6) is 0 Å². The molecule has 0 radical (unpaired) electrons. The standard InChI is InChI=1S/C14H18FN3/c1-14(2,3)8-11-12(13(16)18-17-11)9-5-4-6-10(15)7-9/h4-7H,8H2,1-3H3,(H3,16,17,18). The summed E-state index contributed by atoms with van der Waals surface area (Å²) in [7, 11) is 0. The van der Waals surface area contributed by atoms with Crippen molar-refractivity contribution in [2.24, 2.45) is 5.41 Å². The Kier molecular flexibility index (Phi) is 3.11. The molecule has 0 aliphatic carbocycles. The van der Waals surface area contributed by atoms with Gasteiger partial charge in [0.15, 0.2) is 5.82 Å². The minimum Gasteiger partial charge on any atom is -0.382 e. The van der Waals surface area contributed by atoms with Gasteiger partial charge in [0.2, 0.25) is 0 Å². The molecule has 1 aromatic heterocycles. The lowest BCUT2D eigenvalue weighted by atomic mass is 9.88. The second-order valence-electron chi connectivity index (χ2n) is 5.71. The average molecular weight is 247 g/mol. The van der Waals surface area contributed by atoms with Crippen LogP contribution in [-0.4, -0.2) is 10.2 Å². The van der Waals surface area contributed by atoms with Crippen molar-refractivity contribution >= 4 is 5.82 Å². The Morgan fingerprint density at radius 3 is 2.67 bits per heavy atom. The molecule has 1 aromatic carbocycles. The van der Waals surface area contributed by atoms with Crippen molar-refractivity contribution < 1.29 is 4.39 Å². The maximum Gasteiger partial charge on any atom is 0.153 e. The minimum absolute atomic E-state index is 0.112. The molecule has 3 nitrogen and oxygen atoms in total. The lowest BCUT2D eigenvalue weighted by Crippen LogP contribution is -2.10. The highest BCUT2D eigenvalue weighted by atomic mass is 19.1. The highest BCUT2D eigenvalue weighted by Crippen LogP contribution is 2.32. The molecule has 96 valence electrons. The fourth-order valence-electron chi connectivity index (χ4n) is 2.02. The number of rotatable bonds is 2. The maximum absolute atomic E-state index is 13.3. The number of aromatic nitrogens is 2. The van der Waals surface area contributed by atoms with Crippen LogP contribution >= 0.6 is 0 Å². The van der Waals surface area contributed by atoms with E-state index in [0.717, 1.165) is 23.2 Å². The third kappa shape index (κ3) is 2.70. The Labute approximate surface area is 106 Å². The third-order valence-corrected chi connectivity index (χ3v) is 2.69. The molecule has 0 amide bonds. The lowest BCUT2D eigenvalue weighted by molar-refractivity contribution is 0.406. The highest BCUT2D eigenvalue weighted by Gasteiger charge is 2.19. The van der Waals surface area contributed by atoms with E-state index in [-0.39, 0.29) is 11.2 Å². The van der Waals surface area contributed by atoms with Gasteiger partial charge < -0.3 is 5.73 Å². The monoisotopic (exact) mass is 247 g/mol. The van der Waals surface area contributed by atoms with Crippen LogP contribution < -0.4 is 5.73 Å². The number of anilines is 1. The van der Waals surface area contributed by atoms with Gasteiger partial charge >= 0.3 is 0 Å². The summed E-state index contributed by atoms with van der Waals surface area (Å²) in [4.78, 5) is 0. The van der Waals surface area contributed by atoms with Gasteiger partial charge in [-0.05, 0) is 29.5 Å². The number of benzene rings is 1. The smallest absolute Gasteiger partial charge is 0.153 e. The van der Waals surface area contributed by atoms with Crippen molar-refractivity contribution in [3.8, 4) is 11.1 Å². The van der Waals surface area contributed by atoms with E-state index in [0.29, 0.717) is 5.82 Å². The van der Waals surface area contributed by atoms with E-state index in [4.69, 9.17) is 5.73 Å². The van der Waals surface area contributed by atoms with Gasteiger partial charge in [0.1, 0.15) is 5.82 Å². The fraction of sp³-hybridized carbons (Fsp3) is 0.357. The molecule has 1 heterocycles. The van der Waals surface area contributed by atoms with Crippen LogP contribution in [0.3, 0.4) is 0 Å². The second kappa shape index (κ2) is 4.44. The van der Waals surface area contributed by atoms with E-state index in [1.807, 2.05) is 6.07 Å². The summed E-state index contributed by atoms with van der Waals surface area (Å²) in [5.41, 5.74) is 8.51. The second-order valence-corrected chi connectivity index (χ2v) is 5.71. The van der Waals surface area contributed by atoms with Crippen LogP contribution in [0.25, 0.3) is 11.1 Å². The van der Waals surface area contributed by atoms with Crippen LogP contribution in [0, 0.1) is 11.2 Å². The normalized spacial score (nSPS) is 11.8. The van der Waals surface area contributed by atoms with Gasteiger partial charge in [-0.3, -0.25) is 5.10 Å². The van der Waals surface area contributed by atoms with Gasteiger partial charge in [-0.25, -0.2) is 4.39 Å². The van der Waals surface area contributed by atoms with Crippen molar-refractivity contribution in [2.45, 2.75) is 27.2 Å². The molecule has 4 heteroatoms. The molecule has 2 aromatic rings. The molecule has 0 saturated carbocycles. The molecule has 18 heavy (non-hydrogen) atoms. The molecule has 0 saturated heterocycles. The summed E-state index contributed by atoms with van der Waals surface area (Å²) in [6.45, 7) is 6.41. The molecule has 0 bridgehead atoms. The summed E-state index contributed by atoms with van der Waals surface area (Å²) >= 11 is 0. The van der Waals surface area contributed by atoms with Gasteiger partial charge in [0, 0.05) is 11.3 Å². The van der Waals surface area contributed by atoms with E-state index in [1.54, 1.807) is 6.07 Å². The summed E-state index contributed by atoms with van der Waals surface area (Å²) in [6, 6.07) is 6.42. The number of halogens is 1. The van der Waals surface area contributed by atoms with Gasteiger partial charge in [-0.1, -0.05) is 32.9 Å². The quantitative estimate of drug-likeness (QED) is 0.854. The molecule has 3 N–H and O–H groups in total. The predicted octanol–water partition coefficient (Wildman–Crippen LogP) is 3.39. The third-order valence-electron chi connectivity index (χ3n) is 2.69. The van der Waals surface area contributed by atoms with Crippen LogP contribution in [0.1, 0.15) is 26.5 Å². The van der Waals surface area contributed by atoms with Crippen molar-refractivity contribution in [3.63, 3.8) is 0 Å². The number of nitrogens with one attached hydrogen (secondary N) is 1. The molecule has 0 aliphatic rings. The van der Waals surface area contributed by atoms with Crippen molar-refractivity contribution in [2.75, 3.05) is 5.73 Å². The number of nitrogen functional groups attached to an aromatic ring is 1. The first-order valence-corrected chi connectivity index (χ1v) is 5.95. The maximum atomic E-state index is 13.3. The Hall–Kier alpha value is -1.84. The molecule has 0 atom stereocenters. The number of H-pyrrole nitrogens is 1. The zero-order chi connectivity index (χ0) is 13.3. The number of nitrogens with zero attached hydrogens (tertiary/aromatic N) is 1. The topological polar surface area (TPSA) is 54.7 Å². The van der Waals surface area contributed by atoms with Gasteiger partial charge in [0.05, 0.1) is 0 Å². The Morgan fingerprint density at radius 2 is 2.06 bits per heavy atom. The largest absolute Gasteiger partial charge is 0.382 e. The van der Waals surface area contributed by atoms with Crippen LogP contribution in [0.2, 0.25) is 0 Å². The first-order chi connectivity index (χ1) is 8.37. The summed E-state index contributed by atoms with van der Waals surface area (Å²) in [6.07, 6.45) is 0.809. The molecular weight excluding hydrogens is 229 g/mol. The van der Waals surface area contributed by atoms with Crippen LogP contribution in [0.15, 0.2) is 24.3 Å². The summed E-state index contributed by atoms with van der Waals surface area (Å²) in [5, 5.41) is 6.99. The minimum atomic E-state index is -0.269.